The van der Waals surface area contributed by atoms with Crippen molar-refractivity contribution in [1.29, 1.82) is 0 Å². The first-order valence-electron chi connectivity index (χ1n) is 4.35. The van der Waals surface area contributed by atoms with Gasteiger partial charge in [-0.2, -0.15) is 0 Å². The van der Waals surface area contributed by atoms with E-state index in [1.807, 2.05) is 25.2 Å². The van der Waals surface area contributed by atoms with Crippen molar-refractivity contribution in [2.75, 3.05) is 7.05 Å². The molecule has 0 fully saturated rings. The highest BCUT2D eigenvalue weighted by Crippen LogP contribution is 2.37. The van der Waals surface area contributed by atoms with Gasteiger partial charge >= 0.3 is 0 Å². The van der Waals surface area contributed by atoms with Crippen LogP contribution in [0.3, 0.4) is 0 Å². The summed E-state index contributed by atoms with van der Waals surface area (Å²) >= 11 is 5.91. The predicted octanol–water partition coefficient (Wildman–Crippen LogP) is 2.38. The molecule has 2 nitrogen and oxygen atoms in total. The summed E-state index contributed by atoms with van der Waals surface area (Å²) < 4.78 is 5.64. The number of ether oxygens (including phenoxy) is 1. The molecule has 70 valence electrons. The zero-order valence-corrected chi connectivity index (χ0v) is 8.43. The van der Waals surface area contributed by atoms with Gasteiger partial charge in [-0.1, -0.05) is 11.6 Å². The largest absolute Gasteiger partial charge is 0.488 e. The number of likely N-dealkylation sites (N-methyl/N-ethyl adjacent to an activating group) is 1. The molecule has 0 aromatic heterocycles. The number of fused-ring (bicyclic) bond motifs is 1. The van der Waals surface area contributed by atoms with Crippen molar-refractivity contribution in [2.24, 2.45) is 0 Å². The molecule has 13 heavy (non-hydrogen) atoms. The van der Waals surface area contributed by atoms with E-state index in [9.17, 15) is 0 Å². The number of benzene rings is 1. The van der Waals surface area contributed by atoms with Crippen LogP contribution in [0.25, 0.3) is 0 Å². The van der Waals surface area contributed by atoms with Gasteiger partial charge in [0.25, 0.3) is 0 Å². The van der Waals surface area contributed by atoms with Crippen LogP contribution in [0.5, 0.6) is 5.75 Å². The van der Waals surface area contributed by atoms with Crippen LogP contribution in [0, 0.1) is 0 Å². The van der Waals surface area contributed by atoms with Gasteiger partial charge in [0.2, 0.25) is 0 Å². The van der Waals surface area contributed by atoms with Gasteiger partial charge in [-0.3, -0.25) is 0 Å². The fraction of sp³-hybridized carbons (Fsp3) is 0.400. The van der Waals surface area contributed by atoms with Crippen molar-refractivity contribution in [3.63, 3.8) is 0 Å². The molecule has 0 saturated heterocycles. The van der Waals surface area contributed by atoms with Crippen molar-refractivity contribution in [2.45, 2.75) is 19.1 Å². The molecule has 1 aromatic carbocycles. The molecule has 2 unspecified atom stereocenters. The molecule has 2 atom stereocenters. The number of rotatable bonds is 1. The van der Waals surface area contributed by atoms with E-state index in [0.717, 1.165) is 16.3 Å². The van der Waals surface area contributed by atoms with Gasteiger partial charge in [0, 0.05) is 10.6 Å². The Morgan fingerprint density at radius 2 is 2.23 bits per heavy atom. The van der Waals surface area contributed by atoms with Crippen LogP contribution in [0.4, 0.5) is 0 Å². The smallest absolute Gasteiger partial charge is 0.124 e. The summed E-state index contributed by atoms with van der Waals surface area (Å²) in [5, 5.41) is 3.97. The maximum Gasteiger partial charge on any atom is 0.124 e. The molecule has 3 heteroatoms. The van der Waals surface area contributed by atoms with Gasteiger partial charge in [-0.15, -0.1) is 0 Å². The lowest BCUT2D eigenvalue weighted by molar-refractivity contribution is 0.214. The number of hydrogen-bond donors (Lipinski definition) is 1. The van der Waals surface area contributed by atoms with E-state index in [2.05, 4.69) is 12.2 Å². The Morgan fingerprint density at radius 1 is 1.46 bits per heavy atom. The lowest BCUT2D eigenvalue weighted by atomic mass is 10.1. The fourth-order valence-electron chi connectivity index (χ4n) is 1.78. The lowest BCUT2D eigenvalue weighted by Gasteiger charge is -2.12. The second-order valence-corrected chi connectivity index (χ2v) is 3.71. The van der Waals surface area contributed by atoms with E-state index in [4.69, 9.17) is 16.3 Å². The second-order valence-electron chi connectivity index (χ2n) is 3.27. The van der Waals surface area contributed by atoms with Crippen LogP contribution in [0.15, 0.2) is 18.2 Å². The van der Waals surface area contributed by atoms with Gasteiger partial charge in [-0.25, -0.2) is 0 Å². The highest BCUT2D eigenvalue weighted by atomic mass is 35.5. The summed E-state index contributed by atoms with van der Waals surface area (Å²) in [5.41, 5.74) is 1.16. The second kappa shape index (κ2) is 3.20. The zero-order valence-electron chi connectivity index (χ0n) is 7.67. The van der Waals surface area contributed by atoms with Crippen molar-refractivity contribution in [3.05, 3.63) is 28.8 Å². The van der Waals surface area contributed by atoms with Gasteiger partial charge < -0.3 is 10.1 Å². The third-order valence-electron chi connectivity index (χ3n) is 2.40. The minimum absolute atomic E-state index is 0.179. The predicted molar refractivity (Wildman–Crippen MR) is 53.3 cm³/mol. The SMILES string of the molecule is CNC1c2cc(Cl)ccc2OC1C. The quantitative estimate of drug-likeness (QED) is 0.747. The van der Waals surface area contributed by atoms with E-state index in [1.54, 1.807) is 0 Å². The Bertz CT molecular complexity index is 327. The minimum Gasteiger partial charge on any atom is -0.488 e. The monoisotopic (exact) mass is 197 g/mol. The molecule has 1 heterocycles. The minimum atomic E-state index is 0.179. The van der Waals surface area contributed by atoms with Crippen LogP contribution in [-0.4, -0.2) is 13.2 Å². The Morgan fingerprint density at radius 3 is 2.92 bits per heavy atom. The summed E-state index contributed by atoms with van der Waals surface area (Å²) in [6, 6.07) is 5.99. The molecule has 0 saturated carbocycles. The van der Waals surface area contributed by atoms with Crippen LogP contribution in [0.2, 0.25) is 5.02 Å². The van der Waals surface area contributed by atoms with E-state index in [1.165, 1.54) is 0 Å². The molecule has 0 aliphatic carbocycles. The summed E-state index contributed by atoms with van der Waals surface area (Å²) in [7, 11) is 1.93. The van der Waals surface area contributed by atoms with Crippen molar-refractivity contribution in [3.8, 4) is 5.75 Å². The first-order chi connectivity index (χ1) is 6.22. The van der Waals surface area contributed by atoms with Gasteiger partial charge in [0.15, 0.2) is 0 Å². The molecule has 1 aliphatic rings. The Kier molecular flexibility index (Phi) is 2.18. The molecule has 1 aliphatic heterocycles. The molecule has 1 N–H and O–H groups in total. The summed E-state index contributed by atoms with van der Waals surface area (Å²) in [6.07, 6.45) is 0.179. The molecular weight excluding hydrogens is 186 g/mol. The average Bonchev–Trinajstić information content (AvgIpc) is 2.40. The van der Waals surface area contributed by atoms with E-state index in [0.29, 0.717) is 0 Å². The van der Waals surface area contributed by atoms with Crippen LogP contribution in [-0.2, 0) is 0 Å². The standard InChI is InChI=1S/C10H12ClNO/c1-6-10(12-2)8-5-7(11)3-4-9(8)13-6/h3-6,10,12H,1-2H3. The Labute approximate surface area is 82.9 Å². The van der Waals surface area contributed by atoms with Gasteiger partial charge in [-0.05, 0) is 32.2 Å². The van der Waals surface area contributed by atoms with Crippen molar-refractivity contribution >= 4 is 11.6 Å². The summed E-state index contributed by atoms with van der Waals surface area (Å²) in [5.74, 6) is 0.941. The normalized spacial score (nSPS) is 25.5. The summed E-state index contributed by atoms with van der Waals surface area (Å²) in [4.78, 5) is 0. The molecule has 0 radical (unpaired) electrons. The molecule has 1 aromatic rings. The maximum atomic E-state index is 5.91. The third-order valence-corrected chi connectivity index (χ3v) is 2.64. The topological polar surface area (TPSA) is 21.3 Å². The van der Waals surface area contributed by atoms with Gasteiger partial charge in [0.05, 0.1) is 6.04 Å². The zero-order chi connectivity index (χ0) is 9.42. The van der Waals surface area contributed by atoms with E-state index in [-0.39, 0.29) is 12.1 Å². The maximum absolute atomic E-state index is 5.91. The lowest BCUT2D eigenvalue weighted by Crippen LogP contribution is -2.25. The van der Waals surface area contributed by atoms with E-state index >= 15 is 0 Å². The van der Waals surface area contributed by atoms with Crippen LogP contribution < -0.4 is 10.1 Å². The van der Waals surface area contributed by atoms with Crippen molar-refractivity contribution < 1.29 is 4.74 Å². The number of nitrogens with one attached hydrogen (secondary N) is 1. The summed E-state index contributed by atoms with van der Waals surface area (Å²) in [6.45, 7) is 2.05. The van der Waals surface area contributed by atoms with Crippen molar-refractivity contribution in [1.82, 2.24) is 5.32 Å². The third kappa shape index (κ3) is 1.40. The van der Waals surface area contributed by atoms with Crippen LogP contribution >= 0.6 is 11.6 Å². The Balaban J connectivity index is 2.44. The number of halogens is 1. The van der Waals surface area contributed by atoms with Gasteiger partial charge in [0.1, 0.15) is 11.9 Å². The first-order valence-corrected chi connectivity index (χ1v) is 4.73. The molecule has 0 bridgehead atoms. The van der Waals surface area contributed by atoms with Crippen LogP contribution in [0.1, 0.15) is 18.5 Å². The van der Waals surface area contributed by atoms with E-state index < -0.39 is 0 Å². The number of hydrogen-bond acceptors (Lipinski definition) is 2. The molecule has 0 spiro atoms. The molecule has 0 amide bonds. The highest BCUT2D eigenvalue weighted by Gasteiger charge is 2.29. The Hall–Kier alpha value is -0.730. The fourth-order valence-corrected chi connectivity index (χ4v) is 1.96. The highest BCUT2D eigenvalue weighted by molar-refractivity contribution is 6.30. The average molecular weight is 198 g/mol. The molecule has 2 rings (SSSR count). The first kappa shape index (κ1) is 8.85. The molecular formula is C10H12ClNO.